The van der Waals surface area contributed by atoms with Gasteiger partial charge in [0.1, 0.15) is 17.2 Å². The number of nitrogens with zero attached hydrogens (tertiary/aromatic N) is 2. The van der Waals surface area contributed by atoms with Gasteiger partial charge in [-0.25, -0.2) is 9.79 Å². The molecule has 0 saturated carbocycles. The lowest BCUT2D eigenvalue weighted by atomic mass is 9.96. The van der Waals surface area contributed by atoms with Crippen LogP contribution in [0.5, 0.6) is 17.2 Å². The first-order chi connectivity index (χ1) is 17.8. The van der Waals surface area contributed by atoms with Gasteiger partial charge in [0.15, 0.2) is 4.80 Å². The SMILES string of the molecule is CCOc1ccc([C@H]2C(C(=O)OC(C)C)=C(C)N=c3s/c(=C/c4ccc(OC)cc4OC)c(=O)n32)cc1. The summed E-state index contributed by atoms with van der Waals surface area (Å²) in [5.74, 6) is 1.43. The molecule has 0 N–H and O–H groups in total. The molecule has 0 unspecified atom stereocenters. The molecule has 0 radical (unpaired) electrons. The molecular formula is C28H30N2O6S. The summed E-state index contributed by atoms with van der Waals surface area (Å²) in [5, 5.41) is 0. The van der Waals surface area contributed by atoms with Crippen molar-refractivity contribution in [1.82, 2.24) is 4.57 Å². The minimum Gasteiger partial charge on any atom is -0.497 e. The van der Waals surface area contributed by atoms with Crippen LogP contribution in [-0.2, 0) is 9.53 Å². The third-order valence-electron chi connectivity index (χ3n) is 5.82. The van der Waals surface area contributed by atoms with Gasteiger partial charge in [0.25, 0.3) is 5.56 Å². The second-order valence-corrected chi connectivity index (χ2v) is 9.65. The van der Waals surface area contributed by atoms with Gasteiger partial charge >= 0.3 is 5.97 Å². The summed E-state index contributed by atoms with van der Waals surface area (Å²) in [6, 6.07) is 12.1. The van der Waals surface area contributed by atoms with E-state index in [2.05, 4.69) is 4.99 Å². The number of methoxy groups -OCH3 is 2. The molecule has 8 nitrogen and oxygen atoms in total. The Morgan fingerprint density at radius 1 is 1.11 bits per heavy atom. The van der Waals surface area contributed by atoms with Crippen molar-refractivity contribution in [1.29, 1.82) is 0 Å². The zero-order valence-electron chi connectivity index (χ0n) is 21.7. The molecule has 1 atom stereocenters. The summed E-state index contributed by atoms with van der Waals surface area (Å²) in [4.78, 5) is 32.2. The average molecular weight is 523 g/mol. The lowest BCUT2D eigenvalue weighted by molar-refractivity contribution is -0.143. The van der Waals surface area contributed by atoms with Gasteiger partial charge in [-0.2, -0.15) is 0 Å². The first-order valence-corrected chi connectivity index (χ1v) is 12.8. The molecule has 3 aromatic rings. The van der Waals surface area contributed by atoms with E-state index in [1.54, 1.807) is 57.8 Å². The molecular weight excluding hydrogens is 492 g/mol. The lowest BCUT2D eigenvalue weighted by Crippen LogP contribution is -2.40. The lowest BCUT2D eigenvalue weighted by Gasteiger charge is -2.25. The van der Waals surface area contributed by atoms with Crippen molar-refractivity contribution in [2.45, 2.75) is 39.8 Å². The number of allylic oxidation sites excluding steroid dienone is 1. The number of hydrogen-bond acceptors (Lipinski definition) is 8. The molecule has 0 amide bonds. The van der Waals surface area contributed by atoms with E-state index < -0.39 is 12.0 Å². The number of hydrogen-bond donors (Lipinski definition) is 0. The number of rotatable bonds is 8. The van der Waals surface area contributed by atoms with Gasteiger partial charge in [-0.1, -0.05) is 23.5 Å². The van der Waals surface area contributed by atoms with Crippen molar-refractivity contribution in [3.63, 3.8) is 0 Å². The van der Waals surface area contributed by atoms with Crippen LogP contribution in [0.25, 0.3) is 6.08 Å². The normalized spacial score (nSPS) is 15.3. The summed E-state index contributed by atoms with van der Waals surface area (Å²) in [6.45, 7) is 7.79. The topological polar surface area (TPSA) is 88.4 Å². The quantitative estimate of drug-likeness (QED) is 0.420. The number of benzene rings is 2. The van der Waals surface area contributed by atoms with Gasteiger partial charge < -0.3 is 18.9 Å². The largest absolute Gasteiger partial charge is 0.497 e. The highest BCUT2D eigenvalue weighted by molar-refractivity contribution is 7.07. The van der Waals surface area contributed by atoms with E-state index in [1.807, 2.05) is 37.3 Å². The first-order valence-electron chi connectivity index (χ1n) is 12.0. The van der Waals surface area contributed by atoms with Gasteiger partial charge in [-0.05, 0) is 63.6 Å². The molecule has 1 aliphatic heterocycles. The molecule has 0 saturated heterocycles. The Balaban J connectivity index is 1.91. The number of esters is 1. The molecule has 1 aromatic heterocycles. The van der Waals surface area contributed by atoms with Crippen LogP contribution >= 0.6 is 11.3 Å². The van der Waals surface area contributed by atoms with Gasteiger partial charge in [0.05, 0.1) is 48.8 Å². The van der Waals surface area contributed by atoms with Crippen LogP contribution in [0.15, 0.2) is 63.5 Å². The number of carbonyl (C=O) groups is 1. The minimum absolute atomic E-state index is 0.261. The molecule has 0 bridgehead atoms. The first kappa shape index (κ1) is 26.2. The Morgan fingerprint density at radius 3 is 2.43 bits per heavy atom. The van der Waals surface area contributed by atoms with Crippen molar-refractivity contribution >= 4 is 23.4 Å². The van der Waals surface area contributed by atoms with E-state index >= 15 is 0 Å². The van der Waals surface area contributed by atoms with Crippen molar-refractivity contribution in [2.75, 3.05) is 20.8 Å². The van der Waals surface area contributed by atoms with E-state index in [0.29, 0.717) is 44.5 Å². The molecule has 0 aliphatic carbocycles. The van der Waals surface area contributed by atoms with Crippen LogP contribution in [0.1, 0.15) is 44.9 Å². The monoisotopic (exact) mass is 522 g/mol. The van der Waals surface area contributed by atoms with Crippen LogP contribution in [0, 0.1) is 0 Å². The predicted octanol–water partition coefficient (Wildman–Crippen LogP) is 3.60. The molecule has 9 heteroatoms. The van der Waals surface area contributed by atoms with Crippen molar-refractivity contribution in [3.05, 3.63) is 84.5 Å². The Morgan fingerprint density at radius 2 is 1.81 bits per heavy atom. The summed E-state index contributed by atoms with van der Waals surface area (Å²) < 4.78 is 23.9. The third-order valence-corrected chi connectivity index (χ3v) is 6.80. The third kappa shape index (κ3) is 5.32. The Labute approximate surface area is 219 Å². The van der Waals surface area contributed by atoms with Crippen LogP contribution in [0.4, 0.5) is 0 Å². The highest BCUT2D eigenvalue weighted by Gasteiger charge is 2.33. The fourth-order valence-corrected chi connectivity index (χ4v) is 5.21. The summed E-state index contributed by atoms with van der Waals surface area (Å²) >= 11 is 1.26. The molecule has 194 valence electrons. The van der Waals surface area contributed by atoms with Crippen molar-refractivity contribution < 1.29 is 23.7 Å². The fraction of sp³-hybridized carbons (Fsp3) is 0.321. The van der Waals surface area contributed by atoms with Crippen molar-refractivity contribution in [2.24, 2.45) is 4.99 Å². The molecule has 2 aromatic carbocycles. The summed E-state index contributed by atoms with van der Waals surface area (Å²) in [7, 11) is 3.15. The number of fused-ring (bicyclic) bond motifs is 1. The van der Waals surface area contributed by atoms with E-state index in [9.17, 15) is 9.59 Å². The molecule has 1 aliphatic rings. The number of carbonyl (C=O) groups excluding carboxylic acids is 1. The summed E-state index contributed by atoms with van der Waals surface area (Å²) in [5.41, 5.74) is 2.06. The van der Waals surface area contributed by atoms with E-state index in [4.69, 9.17) is 18.9 Å². The van der Waals surface area contributed by atoms with Crippen LogP contribution < -0.4 is 29.1 Å². The average Bonchev–Trinajstić information content (AvgIpc) is 3.17. The highest BCUT2D eigenvalue weighted by Crippen LogP contribution is 2.32. The number of aromatic nitrogens is 1. The highest BCUT2D eigenvalue weighted by atomic mass is 32.1. The number of thiazole rings is 1. The van der Waals surface area contributed by atoms with Crippen LogP contribution in [0.2, 0.25) is 0 Å². The van der Waals surface area contributed by atoms with Crippen LogP contribution in [-0.4, -0.2) is 37.5 Å². The second-order valence-electron chi connectivity index (χ2n) is 8.65. The maximum atomic E-state index is 13.8. The van der Waals surface area contributed by atoms with Gasteiger partial charge in [0.2, 0.25) is 0 Å². The maximum absolute atomic E-state index is 13.8. The minimum atomic E-state index is -0.696. The molecule has 0 spiro atoms. The fourth-order valence-electron chi connectivity index (χ4n) is 4.17. The van der Waals surface area contributed by atoms with Gasteiger partial charge in [0, 0.05) is 11.6 Å². The van der Waals surface area contributed by atoms with Crippen molar-refractivity contribution in [3.8, 4) is 17.2 Å². The number of ether oxygens (including phenoxy) is 4. The van der Waals surface area contributed by atoms with Crippen LogP contribution in [0.3, 0.4) is 0 Å². The molecule has 4 rings (SSSR count). The summed E-state index contributed by atoms with van der Waals surface area (Å²) in [6.07, 6.45) is 1.45. The van der Waals surface area contributed by atoms with E-state index in [-0.39, 0.29) is 11.7 Å². The van der Waals surface area contributed by atoms with Gasteiger partial charge in [-0.15, -0.1) is 0 Å². The maximum Gasteiger partial charge on any atom is 0.338 e. The second kappa shape index (κ2) is 11.0. The molecule has 37 heavy (non-hydrogen) atoms. The van der Waals surface area contributed by atoms with E-state index in [1.165, 1.54) is 11.3 Å². The Hall–Kier alpha value is -3.85. The zero-order valence-corrected chi connectivity index (χ0v) is 22.5. The predicted molar refractivity (Wildman–Crippen MR) is 142 cm³/mol. The Kier molecular flexibility index (Phi) is 7.83. The Bertz CT molecular complexity index is 1520. The van der Waals surface area contributed by atoms with Gasteiger partial charge in [-0.3, -0.25) is 9.36 Å². The standard InChI is InChI=1S/C28H30N2O6S/c1-7-35-20-11-8-18(9-12-20)25-24(27(32)36-16(2)3)17(4)29-28-30(25)26(31)23(37-28)14-19-10-13-21(33-5)15-22(19)34-6/h8-16,25H,7H2,1-6H3/b23-14+/t25-/m0/s1. The van der Waals surface area contributed by atoms with E-state index in [0.717, 1.165) is 11.1 Å². The zero-order chi connectivity index (χ0) is 26.7. The smallest absolute Gasteiger partial charge is 0.338 e. The molecule has 2 heterocycles. The molecule has 0 fully saturated rings.